The molecule has 0 radical (unpaired) electrons. The molecule has 2 aromatic carbocycles. The molecule has 7 nitrogen and oxygen atoms in total. The summed E-state index contributed by atoms with van der Waals surface area (Å²) in [6, 6.07) is 11.2. The fourth-order valence-corrected chi connectivity index (χ4v) is 1.65. The Labute approximate surface area is 130 Å². The zero-order valence-electron chi connectivity index (χ0n) is 11.8. The second-order valence-electron chi connectivity index (χ2n) is 4.43. The van der Waals surface area contributed by atoms with E-state index >= 15 is 0 Å². The summed E-state index contributed by atoms with van der Waals surface area (Å²) >= 11 is 0. The Hall–Kier alpha value is -3.29. The van der Waals surface area contributed by atoms with Gasteiger partial charge in [0.05, 0.1) is 4.92 Å². The number of halogens is 1. The van der Waals surface area contributed by atoms with Crippen molar-refractivity contribution >= 4 is 23.5 Å². The van der Waals surface area contributed by atoms with E-state index in [9.17, 15) is 19.3 Å². The lowest BCUT2D eigenvalue weighted by molar-refractivity contribution is -0.384. The number of rotatable bonds is 6. The molecule has 2 aromatic rings. The summed E-state index contributed by atoms with van der Waals surface area (Å²) in [6.07, 6.45) is 0.905. The molecule has 118 valence electrons. The molecule has 0 aliphatic heterocycles. The lowest BCUT2D eigenvalue weighted by Gasteiger charge is -2.02. The normalized spacial score (nSPS) is 10.5. The van der Waals surface area contributed by atoms with Gasteiger partial charge in [-0.05, 0) is 23.8 Å². The van der Waals surface area contributed by atoms with Crippen molar-refractivity contribution in [2.75, 3.05) is 5.32 Å². The molecule has 0 atom stereocenters. The number of nitrogens with one attached hydrogen (secondary N) is 1. The van der Waals surface area contributed by atoms with Gasteiger partial charge < -0.3 is 10.2 Å². The van der Waals surface area contributed by atoms with E-state index in [-0.39, 0.29) is 23.8 Å². The summed E-state index contributed by atoms with van der Waals surface area (Å²) < 4.78 is 12.7. The third-order valence-corrected chi connectivity index (χ3v) is 2.71. The quantitative estimate of drug-likeness (QED) is 0.503. The van der Waals surface area contributed by atoms with E-state index in [2.05, 4.69) is 10.5 Å². The van der Waals surface area contributed by atoms with Crippen LogP contribution in [0.4, 0.5) is 15.8 Å². The van der Waals surface area contributed by atoms with Crippen LogP contribution in [0.2, 0.25) is 0 Å². The molecular weight excluding hydrogens is 305 g/mol. The first kappa shape index (κ1) is 16.1. The summed E-state index contributed by atoms with van der Waals surface area (Å²) in [5.74, 6) is -0.946. The number of anilines is 1. The van der Waals surface area contributed by atoms with Crippen LogP contribution in [0, 0.1) is 15.9 Å². The number of hydrogen-bond donors (Lipinski definition) is 1. The van der Waals surface area contributed by atoms with Crippen molar-refractivity contribution in [2.45, 2.75) is 6.61 Å². The van der Waals surface area contributed by atoms with Crippen LogP contribution in [0.5, 0.6) is 0 Å². The van der Waals surface area contributed by atoms with Crippen LogP contribution < -0.4 is 5.32 Å². The minimum absolute atomic E-state index is 0.0842. The van der Waals surface area contributed by atoms with Crippen LogP contribution in [-0.2, 0) is 16.2 Å². The maximum absolute atomic E-state index is 12.7. The molecule has 0 fully saturated rings. The summed E-state index contributed by atoms with van der Waals surface area (Å²) in [6.45, 7) is 0.0842. The molecule has 0 bridgehead atoms. The van der Waals surface area contributed by atoms with Crippen LogP contribution in [-0.4, -0.2) is 17.0 Å². The van der Waals surface area contributed by atoms with Gasteiger partial charge in [0.1, 0.15) is 18.6 Å². The maximum Gasteiger partial charge on any atom is 0.271 e. The Kier molecular flexibility index (Phi) is 5.35. The number of carbonyl (C=O) groups excluding carboxylic acids is 1. The number of carbonyl (C=O) groups is 1. The SMILES string of the molecule is O=C(/C=N/OCc1ccc(F)cc1)Nc1cccc([N+](=O)[O-])c1. The van der Waals surface area contributed by atoms with Crippen molar-refractivity contribution in [1.29, 1.82) is 0 Å². The highest BCUT2D eigenvalue weighted by molar-refractivity contribution is 6.31. The number of amides is 1. The van der Waals surface area contributed by atoms with Crippen LogP contribution in [0.3, 0.4) is 0 Å². The average molecular weight is 317 g/mol. The van der Waals surface area contributed by atoms with Gasteiger partial charge in [-0.15, -0.1) is 0 Å². The number of benzene rings is 2. The molecule has 0 saturated carbocycles. The first-order valence-electron chi connectivity index (χ1n) is 6.50. The topological polar surface area (TPSA) is 93.8 Å². The van der Waals surface area contributed by atoms with E-state index in [1.165, 1.54) is 48.5 Å². The predicted molar refractivity (Wildman–Crippen MR) is 81.4 cm³/mol. The highest BCUT2D eigenvalue weighted by Gasteiger charge is 2.07. The molecule has 0 spiro atoms. The van der Waals surface area contributed by atoms with Gasteiger partial charge in [-0.3, -0.25) is 14.9 Å². The van der Waals surface area contributed by atoms with Crippen LogP contribution in [0.25, 0.3) is 0 Å². The summed E-state index contributed by atoms with van der Waals surface area (Å²) in [7, 11) is 0. The zero-order valence-corrected chi connectivity index (χ0v) is 11.8. The fraction of sp³-hybridized carbons (Fsp3) is 0.0667. The Morgan fingerprint density at radius 1 is 1.30 bits per heavy atom. The molecule has 0 aliphatic carbocycles. The summed E-state index contributed by atoms with van der Waals surface area (Å²) in [4.78, 5) is 26.6. The highest BCUT2D eigenvalue weighted by atomic mass is 19.1. The molecule has 0 saturated heterocycles. The molecule has 8 heteroatoms. The maximum atomic E-state index is 12.7. The van der Waals surface area contributed by atoms with Gasteiger partial charge in [0.25, 0.3) is 11.6 Å². The molecule has 2 rings (SSSR count). The number of nitro groups is 1. The minimum atomic E-state index is -0.593. The first-order valence-corrected chi connectivity index (χ1v) is 6.50. The van der Waals surface area contributed by atoms with Crippen molar-refractivity contribution in [3.63, 3.8) is 0 Å². The monoisotopic (exact) mass is 317 g/mol. The summed E-state index contributed by atoms with van der Waals surface area (Å²) in [5.41, 5.74) is 0.837. The standard InChI is InChI=1S/C15H12FN3O4/c16-12-6-4-11(5-7-12)10-23-17-9-15(20)18-13-2-1-3-14(8-13)19(21)22/h1-9H,10H2,(H,18,20)/b17-9+. The zero-order chi connectivity index (χ0) is 16.7. The third kappa shape index (κ3) is 5.20. The van der Waals surface area contributed by atoms with Crippen LogP contribution in [0.1, 0.15) is 5.56 Å². The molecule has 0 aliphatic rings. The van der Waals surface area contributed by atoms with Gasteiger partial charge >= 0.3 is 0 Å². The number of non-ortho nitro benzene ring substituents is 1. The van der Waals surface area contributed by atoms with E-state index in [4.69, 9.17) is 4.84 Å². The van der Waals surface area contributed by atoms with Gasteiger partial charge in [0, 0.05) is 17.8 Å². The first-order chi connectivity index (χ1) is 11.0. The van der Waals surface area contributed by atoms with Gasteiger partial charge in [-0.25, -0.2) is 4.39 Å². The van der Waals surface area contributed by atoms with Crippen molar-refractivity contribution in [3.05, 3.63) is 70.0 Å². The van der Waals surface area contributed by atoms with Gasteiger partial charge in [-0.1, -0.05) is 23.4 Å². The smallest absolute Gasteiger partial charge is 0.271 e. The average Bonchev–Trinajstić information content (AvgIpc) is 2.53. The van der Waals surface area contributed by atoms with Gasteiger partial charge in [0.15, 0.2) is 0 Å². The second-order valence-corrected chi connectivity index (χ2v) is 4.43. The van der Waals surface area contributed by atoms with Crippen LogP contribution >= 0.6 is 0 Å². The minimum Gasteiger partial charge on any atom is -0.391 e. The largest absolute Gasteiger partial charge is 0.391 e. The molecule has 1 amide bonds. The number of nitrogens with zero attached hydrogens (tertiary/aromatic N) is 2. The molecule has 0 aromatic heterocycles. The van der Waals surface area contributed by atoms with E-state index in [1.54, 1.807) is 0 Å². The predicted octanol–water partition coefficient (Wildman–Crippen LogP) is 2.88. The number of hydrogen-bond acceptors (Lipinski definition) is 5. The van der Waals surface area contributed by atoms with Crippen molar-refractivity contribution < 1.29 is 18.9 Å². The number of oxime groups is 1. The third-order valence-electron chi connectivity index (χ3n) is 2.71. The Morgan fingerprint density at radius 3 is 2.74 bits per heavy atom. The van der Waals surface area contributed by atoms with E-state index in [0.29, 0.717) is 5.56 Å². The van der Waals surface area contributed by atoms with Crippen molar-refractivity contribution in [1.82, 2.24) is 0 Å². The summed E-state index contributed by atoms with van der Waals surface area (Å²) in [5, 5.41) is 16.5. The molecule has 23 heavy (non-hydrogen) atoms. The van der Waals surface area contributed by atoms with E-state index in [0.717, 1.165) is 6.21 Å². The number of nitro benzene ring substituents is 1. The van der Waals surface area contributed by atoms with Crippen molar-refractivity contribution in [3.8, 4) is 0 Å². The Balaban J connectivity index is 1.83. The highest BCUT2D eigenvalue weighted by Crippen LogP contribution is 2.16. The van der Waals surface area contributed by atoms with Gasteiger partial charge in [0.2, 0.25) is 0 Å². The second kappa shape index (κ2) is 7.64. The van der Waals surface area contributed by atoms with E-state index < -0.39 is 10.8 Å². The molecule has 1 N–H and O–H groups in total. The fourth-order valence-electron chi connectivity index (χ4n) is 1.65. The van der Waals surface area contributed by atoms with Crippen molar-refractivity contribution in [2.24, 2.45) is 5.16 Å². The molecule has 0 heterocycles. The Bertz CT molecular complexity index is 732. The van der Waals surface area contributed by atoms with E-state index in [1.807, 2.05) is 0 Å². The lowest BCUT2D eigenvalue weighted by Crippen LogP contribution is -2.12. The lowest BCUT2D eigenvalue weighted by atomic mass is 10.2. The van der Waals surface area contributed by atoms with Gasteiger partial charge in [-0.2, -0.15) is 0 Å². The molecule has 0 unspecified atom stereocenters. The van der Waals surface area contributed by atoms with Crippen LogP contribution in [0.15, 0.2) is 53.7 Å². The molecular formula is C15H12FN3O4. The Morgan fingerprint density at radius 2 is 2.04 bits per heavy atom.